The maximum absolute atomic E-state index is 12.5. The smallest absolute Gasteiger partial charge is 0.180 e. The number of piperidine rings is 1. The molecule has 0 bridgehead atoms. The number of hydrogen-bond donors (Lipinski definition) is 0. The minimum Gasteiger partial charge on any atom is -0.464 e. The lowest BCUT2D eigenvalue weighted by molar-refractivity contribution is 0.0810. The van der Waals surface area contributed by atoms with Gasteiger partial charge in [-0.1, -0.05) is 18.2 Å². The van der Waals surface area contributed by atoms with Gasteiger partial charge in [-0.05, 0) is 37.9 Å². The molecule has 0 aliphatic carbocycles. The summed E-state index contributed by atoms with van der Waals surface area (Å²) in [4.78, 5) is 14.7. The van der Waals surface area contributed by atoms with Gasteiger partial charge in [-0.25, -0.2) is 0 Å². The van der Waals surface area contributed by atoms with Gasteiger partial charge in [0.05, 0.1) is 12.1 Å². The van der Waals surface area contributed by atoms with Crippen LogP contribution in [0, 0.1) is 5.92 Å². The van der Waals surface area contributed by atoms with Crippen molar-refractivity contribution >= 4 is 16.8 Å². The lowest BCUT2D eigenvalue weighted by Crippen LogP contribution is -2.38. The Balaban J connectivity index is 1.62. The van der Waals surface area contributed by atoms with Crippen molar-refractivity contribution < 1.29 is 13.9 Å². The first-order valence-corrected chi connectivity index (χ1v) is 7.48. The molecule has 0 saturated carbocycles. The van der Waals surface area contributed by atoms with Gasteiger partial charge in [0.25, 0.3) is 0 Å². The maximum atomic E-state index is 12.5. The van der Waals surface area contributed by atoms with Crippen molar-refractivity contribution in [3.05, 3.63) is 36.1 Å². The van der Waals surface area contributed by atoms with E-state index in [2.05, 4.69) is 4.90 Å². The molecule has 0 spiro atoms. The highest BCUT2D eigenvalue weighted by molar-refractivity contribution is 6.08. The summed E-state index contributed by atoms with van der Waals surface area (Å²) in [6, 6.07) is 7.69. The molecule has 4 heteroatoms. The van der Waals surface area contributed by atoms with E-state index in [0.29, 0.717) is 18.0 Å². The molecule has 0 radical (unpaired) electrons. The van der Waals surface area contributed by atoms with Crippen LogP contribution in [-0.2, 0) is 4.74 Å². The number of carbonyl (C=O) groups is 1. The van der Waals surface area contributed by atoms with Crippen molar-refractivity contribution in [2.24, 2.45) is 5.92 Å². The van der Waals surface area contributed by atoms with Crippen LogP contribution in [0.1, 0.15) is 23.2 Å². The van der Waals surface area contributed by atoms with E-state index in [9.17, 15) is 4.79 Å². The summed E-state index contributed by atoms with van der Waals surface area (Å²) in [5.41, 5.74) is 1.48. The predicted octanol–water partition coefficient (Wildman–Crippen LogP) is 2.97. The zero-order valence-electron chi connectivity index (χ0n) is 12.4. The van der Waals surface area contributed by atoms with E-state index in [1.54, 1.807) is 13.4 Å². The molecule has 0 unspecified atom stereocenters. The van der Waals surface area contributed by atoms with Crippen molar-refractivity contribution in [2.75, 3.05) is 33.4 Å². The number of para-hydroxylation sites is 1. The Morgan fingerprint density at radius 3 is 2.86 bits per heavy atom. The first-order valence-electron chi connectivity index (χ1n) is 7.48. The third kappa shape index (κ3) is 3.17. The molecule has 0 atom stereocenters. The average Bonchev–Trinajstić information content (AvgIpc) is 2.93. The van der Waals surface area contributed by atoms with Gasteiger partial charge in [0.2, 0.25) is 0 Å². The van der Waals surface area contributed by atoms with E-state index in [1.165, 1.54) is 0 Å². The number of ketones is 1. The van der Waals surface area contributed by atoms with Gasteiger partial charge in [0.15, 0.2) is 5.78 Å². The normalized spacial score (nSPS) is 17.4. The third-order valence-corrected chi connectivity index (χ3v) is 4.26. The number of carbonyl (C=O) groups excluding carboxylic acids is 1. The number of likely N-dealkylation sites (tertiary alicyclic amines) is 1. The van der Waals surface area contributed by atoms with Crippen LogP contribution < -0.4 is 0 Å². The van der Waals surface area contributed by atoms with Crippen molar-refractivity contribution in [3.8, 4) is 0 Å². The summed E-state index contributed by atoms with van der Waals surface area (Å²) in [5.74, 6) is 0.779. The maximum Gasteiger partial charge on any atom is 0.180 e. The second-order valence-electron chi connectivity index (χ2n) is 5.74. The van der Waals surface area contributed by atoms with Gasteiger partial charge in [-0.2, -0.15) is 0 Å². The molecular weight excluding hydrogens is 266 g/mol. The second-order valence-corrected chi connectivity index (χ2v) is 5.74. The number of furan rings is 1. The fourth-order valence-corrected chi connectivity index (χ4v) is 3.03. The van der Waals surface area contributed by atoms with E-state index >= 15 is 0 Å². The second kappa shape index (κ2) is 6.41. The molecular formula is C17H21NO3. The topological polar surface area (TPSA) is 42.7 Å². The first-order chi connectivity index (χ1) is 10.3. The molecule has 1 aliphatic rings. The molecule has 1 aliphatic heterocycles. The number of hydrogen-bond acceptors (Lipinski definition) is 4. The van der Waals surface area contributed by atoms with Crippen LogP contribution in [0.15, 0.2) is 34.9 Å². The molecule has 2 aromatic rings. The van der Waals surface area contributed by atoms with Crippen LogP contribution >= 0.6 is 0 Å². The summed E-state index contributed by atoms with van der Waals surface area (Å²) in [6.45, 7) is 3.24. The molecule has 112 valence electrons. The van der Waals surface area contributed by atoms with E-state index < -0.39 is 0 Å². The van der Waals surface area contributed by atoms with Gasteiger partial charge >= 0.3 is 0 Å². The van der Waals surface area contributed by atoms with Gasteiger partial charge < -0.3 is 9.15 Å². The van der Waals surface area contributed by atoms with Crippen LogP contribution in [-0.4, -0.2) is 44.0 Å². The SMILES string of the molecule is COCC1CCN(CC(=O)c2coc3ccccc23)CC1. The van der Waals surface area contributed by atoms with E-state index in [-0.39, 0.29) is 5.78 Å². The largest absolute Gasteiger partial charge is 0.464 e. The number of ether oxygens (including phenoxy) is 1. The van der Waals surface area contributed by atoms with Gasteiger partial charge in [-0.3, -0.25) is 9.69 Å². The Bertz CT molecular complexity index is 611. The summed E-state index contributed by atoms with van der Waals surface area (Å²) in [6.07, 6.45) is 3.80. The summed E-state index contributed by atoms with van der Waals surface area (Å²) >= 11 is 0. The fourth-order valence-electron chi connectivity index (χ4n) is 3.03. The van der Waals surface area contributed by atoms with E-state index in [1.807, 2.05) is 24.3 Å². The Morgan fingerprint density at radius 1 is 1.33 bits per heavy atom. The molecule has 1 fully saturated rings. The first kappa shape index (κ1) is 14.3. The molecule has 0 amide bonds. The fraction of sp³-hybridized carbons (Fsp3) is 0.471. The Hall–Kier alpha value is -1.65. The highest BCUT2D eigenvalue weighted by Crippen LogP contribution is 2.22. The van der Waals surface area contributed by atoms with Gasteiger partial charge in [0.1, 0.15) is 11.8 Å². The Morgan fingerprint density at radius 2 is 2.10 bits per heavy atom. The molecule has 3 rings (SSSR count). The van der Waals surface area contributed by atoms with Crippen molar-refractivity contribution in [1.82, 2.24) is 4.90 Å². The molecule has 1 aromatic heterocycles. The van der Waals surface area contributed by atoms with Crippen molar-refractivity contribution in [2.45, 2.75) is 12.8 Å². The Kier molecular flexibility index (Phi) is 4.36. The number of methoxy groups -OCH3 is 1. The van der Waals surface area contributed by atoms with E-state index in [0.717, 1.165) is 43.5 Å². The zero-order valence-corrected chi connectivity index (χ0v) is 12.4. The molecule has 21 heavy (non-hydrogen) atoms. The van der Waals surface area contributed by atoms with Gasteiger partial charge in [-0.15, -0.1) is 0 Å². The summed E-state index contributed by atoms with van der Waals surface area (Å²) in [7, 11) is 1.75. The monoisotopic (exact) mass is 287 g/mol. The molecule has 4 nitrogen and oxygen atoms in total. The van der Waals surface area contributed by atoms with Crippen LogP contribution in [0.3, 0.4) is 0 Å². The standard InChI is InChI=1S/C17H21NO3/c1-20-11-13-6-8-18(9-7-13)10-16(19)15-12-21-17-5-3-2-4-14(15)17/h2-5,12-13H,6-11H2,1H3. The molecule has 1 saturated heterocycles. The van der Waals surface area contributed by atoms with Crippen LogP contribution in [0.2, 0.25) is 0 Å². The molecule has 1 aromatic carbocycles. The van der Waals surface area contributed by atoms with E-state index in [4.69, 9.17) is 9.15 Å². The lowest BCUT2D eigenvalue weighted by atomic mass is 9.97. The summed E-state index contributed by atoms with van der Waals surface area (Å²) < 4.78 is 10.7. The summed E-state index contributed by atoms with van der Waals surface area (Å²) in [5, 5.41) is 0.914. The highest BCUT2D eigenvalue weighted by Gasteiger charge is 2.22. The van der Waals surface area contributed by atoms with Crippen LogP contribution in [0.25, 0.3) is 11.0 Å². The highest BCUT2D eigenvalue weighted by atomic mass is 16.5. The van der Waals surface area contributed by atoms with Crippen LogP contribution in [0.4, 0.5) is 0 Å². The molecule has 2 heterocycles. The minimum absolute atomic E-state index is 0.144. The number of rotatable bonds is 5. The van der Waals surface area contributed by atoms with Gasteiger partial charge in [0, 0.05) is 19.1 Å². The number of fused-ring (bicyclic) bond motifs is 1. The number of benzene rings is 1. The van der Waals surface area contributed by atoms with Crippen molar-refractivity contribution in [1.29, 1.82) is 0 Å². The number of nitrogens with zero attached hydrogens (tertiary/aromatic N) is 1. The minimum atomic E-state index is 0.144. The quantitative estimate of drug-likeness (QED) is 0.793. The lowest BCUT2D eigenvalue weighted by Gasteiger charge is -2.30. The van der Waals surface area contributed by atoms with Crippen LogP contribution in [0.5, 0.6) is 0 Å². The average molecular weight is 287 g/mol. The third-order valence-electron chi connectivity index (χ3n) is 4.26. The molecule has 0 N–H and O–H groups in total. The number of Topliss-reactive ketones (excluding diaryl/α,β-unsaturated/α-hetero) is 1. The predicted molar refractivity (Wildman–Crippen MR) is 81.6 cm³/mol. The zero-order chi connectivity index (χ0) is 14.7. The van der Waals surface area contributed by atoms with Crippen molar-refractivity contribution in [3.63, 3.8) is 0 Å². The Labute approximate surface area is 124 Å².